The van der Waals surface area contributed by atoms with E-state index in [9.17, 15) is 0 Å². The first-order chi connectivity index (χ1) is 9.34. The summed E-state index contributed by atoms with van der Waals surface area (Å²) in [6, 6.07) is 8.19. The van der Waals surface area contributed by atoms with Crippen LogP contribution in [0.4, 0.5) is 0 Å². The van der Waals surface area contributed by atoms with Crippen LogP contribution in [0.2, 0.25) is 0 Å². The molecule has 100 valence electrons. The lowest BCUT2D eigenvalue weighted by molar-refractivity contribution is 0.143. The summed E-state index contributed by atoms with van der Waals surface area (Å²) in [6.07, 6.45) is 3.07. The molecule has 1 aromatic heterocycles. The molecule has 0 unspecified atom stereocenters. The summed E-state index contributed by atoms with van der Waals surface area (Å²) in [5.74, 6) is 1.47. The van der Waals surface area contributed by atoms with Gasteiger partial charge in [0.05, 0.1) is 0 Å². The molecule has 1 N–H and O–H groups in total. The largest absolute Gasteiger partial charge is 0.483 e. The molecule has 19 heavy (non-hydrogen) atoms. The molecule has 2 aromatic rings. The number of aromatic nitrogens is 1. The standard InChI is InChI=1S/C15H18N2OS/c1-11-4-2-3-5-13(11)18-14(12-6-7-16-10-12)15-17-8-9-19-15/h2-5,8-9,12,14,16H,6-7,10H2,1H3/t12-,14-/m0/s1. The van der Waals surface area contributed by atoms with E-state index in [1.54, 1.807) is 11.3 Å². The molecule has 0 saturated carbocycles. The first kappa shape index (κ1) is 12.6. The molecule has 1 aliphatic heterocycles. The number of hydrogen-bond donors (Lipinski definition) is 1. The van der Waals surface area contributed by atoms with E-state index < -0.39 is 0 Å². The molecule has 1 aliphatic rings. The quantitative estimate of drug-likeness (QED) is 0.930. The lowest BCUT2D eigenvalue weighted by atomic mass is 10.0. The van der Waals surface area contributed by atoms with E-state index in [4.69, 9.17) is 4.74 Å². The molecule has 3 nitrogen and oxygen atoms in total. The number of hydrogen-bond acceptors (Lipinski definition) is 4. The van der Waals surface area contributed by atoms with Crippen LogP contribution >= 0.6 is 11.3 Å². The summed E-state index contributed by atoms with van der Waals surface area (Å²) in [4.78, 5) is 4.45. The van der Waals surface area contributed by atoms with Crippen LogP contribution in [-0.2, 0) is 0 Å². The normalized spacial score (nSPS) is 20.4. The van der Waals surface area contributed by atoms with Gasteiger partial charge in [0.1, 0.15) is 10.8 Å². The molecule has 2 atom stereocenters. The van der Waals surface area contributed by atoms with Gasteiger partial charge in [-0.2, -0.15) is 0 Å². The second kappa shape index (κ2) is 5.72. The summed E-state index contributed by atoms with van der Waals surface area (Å²) in [5, 5.41) is 6.51. The Balaban J connectivity index is 1.85. The van der Waals surface area contributed by atoms with Crippen molar-refractivity contribution < 1.29 is 4.74 Å². The Hall–Kier alpha value is -1.39. The number of thiazole rings is 1. The Morgan fingerprint density at radius 2 is 2.32 bits per heavy atom. The zero-order valence-corrected chi connectivity index (χ0v) is 11.8. The van der Waals surface area contributed by atoms with Crippen LogP contribution in [0.1, 0.15) is 23.1 Å². The summed E-state index contributed by atoms with van der Waals surface area (Å²) >= 11 is 1.68. The van der Waals surface area contributed by atoms with E-state index in [0.29, 0.717) is 5.92 Å². The van der Waals surface area contributed by atoms with Gasteiger partial charge in [-0.1, -0.05) is 18.2 Å². The van der Waals surface area contributed by atoms with Crippen molar-refractivity contribution in [2.75, 3.05) is 13.1 Å². The Bertz CT molecular complexity index is 521. The summed E-state index contributed by atoms with van der Waals surface area (Å²) < 4.78 is 6.28. The van der Waals surface area contributed by atoms with E-state index in [1.807, 2.05) is 29.8 Å². The number of nitrogens with zero attached hydrogens (tertiary/aromatic N) is 1. The van der Waals surface area contributed by atoms with Crippen molar-refractivity contribution in [3.05, 3.63) is 46.4 Å². The second-order valence-electron chi connectivity index (χ2n) is 4.93. The molecule has 4 heteroatoms. The molecule has 0 bridgehead atoms. The molecule has 2 heterocycles. The molecular weight excluding hydrogens is 256 g/mol. The highest BCUT2D eigenvalue weighted by Crippen LogP contribution is 2.34. The average molecular weight is 274 g/mol. The predicted molar refractivity (Wildman–Crippen MR) is 77.6 cm³/mol. The van der Waals surface area contributed by atoms with Gasteiger partial charge in [-0.25, -0.2) is 4.98 Å². The smallest absolute Gasteiger partial charge is 0.154 e. The fourth-order valence-electron chi connectivity index (χ4n) is 2.48. The minimum absolute atomic E-state index is 0.0658. The zero-order valence-electron chi connectivity index (χ0n) is 11.0. The number of ether oxygens (including phenoxy) is 1. The SMILES string of the molecule is Cc1ccccc1O[C@H](c1nccs1)[C@H]1CCNC1. The molecule has 3 rings (SSSR count). The lowest BCUT2D eigenvalue weighted by Gasteiger charge is -2.23. The minimum Gasteiger partial charge on any atom is -0.483 e. The number of aryl methyl sites for hydroxylation is 1. The van der Waals surface area contributed by atoms with Crippen molar-refractivity contribution in [1.29, 1.82) is 0 Å². The van der Waals surface area contributed by atoms with Crippen LogP contribution in [0.25, 0.3) is 0 Å². The van der Waals surface area contributed by atoms with E-state index >= 15 is 0 Å². The fraction of sp³-hybridized carbons (Fsp3) is 0.400. The van der Waals surface area contributed by atoms with E-state index in [1.165, 1.54) is 5.56 Å². The Kier molecular flexibility index (Phi) is 3.80. The number of benzene rings is 1. The molecular formula is C15H18N2OS. The van der Waals surface area contributed by atoms with Crippen LogP contribution in [0.5, 0.6) is 5.75 Å². The monoisotopic (exact) mass is 274 g/mol. The molecule has 0 radical (unpaired) electrons. The molecule has 1 fully saturated rings. The number of rotatable bonds is 4. The lowest BCUT2D eigenvalue weighted by Crippen LogP contribution is -2.21. The van der Waals surface area contributed by atoms with Crippen molar-refractivity contribution in [2.24, 2.45) is 5.92 Å². The van der Waals surface area contributed by atoms with Gasteiger partial charge in [0.2, 0.25) is 0 Å². The van der Waals surface area contributed by atoms with Gasteiger partial charge in [-0.05, 0) is 31.5 Å². The van der Waals surface area contributed by atoms with Gasteiger partial charge in [0, 0.05) is 24.0 Å². The molecule has 1 aromatic carbocycles. The zero-order chi connectivity index (χ0) is 13.1. The van der Waals surface area contributed by atoms with Gasteiger partial charge in [-0.15, -0.1) is 11.3 Å². The highest BCUT2D eigenvalue weighted by atomic mass is 32.1. The highest BCUT2D eigenvalue weighted by molar-refractivity contribution is 7.09. The first-order valence-corrected chi connectivity index (χ1v) is 7.55. The van der Waals surface area contributed by atoms with Gasteiger partial charge < -0.3 is 10.1 Å². The van der Waals surface area contributed by atoms with Crippen LogP contribution in [0.15, 0.2) is 35.8 Å². The minimum atomic E-state index is 0.0658. The maximum Gasteiger partial charge on any atom is 0.154 e. The van der Waals surface area contributed by atoms with Crippen LogP contribution in [-0.4, -0.2) is 18.1 Å². The van der Waals surface area contributed by atoms with Crippen molar-refractivity contribution in [1.82, 2.24) is 10.3 Å². The van der Waals surface area contributed by atoms with Gasteiger partial charge in [0.25, 0.3) is 0 Å². The van der Waals surface area contributed by atoms with E-state index in [2.05, 4.69) is 23.3 Å². The first-order valence-electron chi connectivity index (χ1n) is 6.67. The average Bonchev–Trinajstić information content (AvgIpc) is 3.11. The van der Waals surface area contributed by atoms with Gasteiger partial charge in [0.15, 0.2) is 6.10 Å². The van der Waals surface area contributed by atoms with E-state index in [0.717, 1.165) is 30.3 Å². The fourth-order valence-corrected chi connectivity index (χ4v) is 3.24. The molecule has 0 aliphatic carbocycles. The summed E-state index contributed by atoms with van der Waals surface area (Å²) in [6.45, 7) is 4.17. The van der Waals surface area contributed by atoms with Crippen molar-refractivity contribution in [2.45, 2.75) is 19.4 Å². The maximum atomic E-state index is 6.28. The van der Waals surface area contributed by atoms with E-state index in [-0.39, 0.29) is 6.10 Å². The van der Waals surface area contributed by atoms with Crippen molar-refractivity contribution in [3.8, 4) is 5.75 Å². The third-order valence-corrected chi connectivity index (χ3v) is 4.41. The third kappa shape index (κ3) is 2.80. The third-order valence-electron chi connectivity index (χ3n) is 3.57. The molecule has 1 saturated heterocycles. The van der Waals surface area contributed by atoms with Crippen LogP contribution in [0, 0.1) is 12.8 Å². The number of nitrogens with one attached hydrogen (secondary N) is 1. The van der Waals surface area contributed by atoms with Crippen molar-refractivity contribution in [3.63, 3.8) is 0 Å². The summed E-state index contributed by atoms with van der Waals surface area (Å²) in [7, 11) is 0. The van der Waals surface area contributed by atoms with Gasteiger partial charge >= 0.3 is 0 Å². The highest BCUT2D eigenvalue weighted by Gasteiger charge is 2.30. The van der Waals surface area contributed by atoms with Crippen LogP contribution in [0.3, 0.4) is 0 Å². The van der Waals surface area contributed by atoms with Gasteiger partial charge in [-0.3, -0.25) is 0 Å². The number of para-hydroxylation sites is 1. The predicted octanol–water partition coefficient (Wildman–Crippen LogP) is 3.18. The molecule has 0 amide bonds. The van der Waals surface area contributed by atoms with Crippen LogP contribution < -0.4 is 10.1 Å². The second-order valence-corrected chi connectivity index (χ2v) is 5.85. The maximum absolute atomic E-state index is 6.28. The Morgan fingerprint density at radius 3 is 3.00 bits per heavy atom. The Labute approximate surface area is 117 Å². The molecule has 0 spiro atoms. The van der Waals surface area contributed by atoms with Crippen molar-refractivity contribution >= 4 is 11.3 Å². The topological polar surface area (TPSA) is 34.1 Å². The Morgan fingerprint density at radius 1 is 1.42 bits per heavy atom. The summed E-state index contributed by atoms with van der Waals surface area (Å²) in [5.41, 5.74) is 1.18.